The number of nitrogens with two attached hydrogens (primary N) is 1. The molecular formula is C14H21ClN2O3S. The molecular weight excluding hydrogens is 312 g/mol. The molecule has 5 nitrogen and oxygen atoms in total. The van der Waals surface area contributed by atoms with Gasteiger partial charge in [0.2, 0.25) is 10.0 Å². The predicted molar refractivity (Wildman–Crippen MR) is 83.9 cm³/mol. The van der Waals surface area contributed by atoms with Gasteiger partial charge in [-0.3, -0.25) is 4.79 Å². The number of aryl methyl sites for hydroxylation is 1. The van der Waals surface area contributed by atoms with Gasteiger partial charge in [-0.15, -0.1) is 0 Å². The standard InChI is InChI=1S/C14H21ClN2O3S/c1-8(2)5-10(4)17-14(18)11-6-9(3)13(15)12(7-11)21(16,19)20/h6-8,10H,5H2,1-4H3,(H,17,18)(H2,16,19,20). The largest absolute Gasteiger partial charge is 0.350 e. The molecule has 0 aliphatic heterocycles. The van der Waals surface area contributed by atoms with Gasteiger partial charge in [-0.25, -0.2) is 13.6 Å². The molecule has 118 valence electrons. The molecule has 0 aliphatic rings. The quantitative estimate of drug-likeness (QED) is 0.867. The molecule has 1 aromatic rings. The first kappa shape index (κ1) is 17.9. The molecule has 0 saturated heterocycles. The number of rotatable bonds is 5. The molecule has 0 aliphatic carbocycles. The van der Waals surface area contributed by atoms with Crippen LogP contribution in [0.4, 0.5) is 0 Å². The second-order valence-corrected chi connectivity index (χ2v) is 7.56. The summed E-state index contributed by atoms with van der Waals surface area (Å²) in [6.45, 7) is 7.66. The lowest BCUT2D eigenvalue weighted by atomic mass is 10.0. The van der Waals surface area contributed by atoms with Crippen LogP contribution in [0.25, 0.3) is 0 Å². The first-order chi connectivity index (χ1) is 9.52. The van der Waals surface area contributed by atoms with Gasteiger partial charge in [-0.2, -0.15) is 0 Å². The summed E-state index contributed by atoms with van der Waals surface area (Å²) in [6.07, 6.45) is 0.834. The average molecular weight is 333 g/mol. The first-order valence-electron chi connectivity index (χ1n) is 6.66. The minimum Gasteiger partial charge on any atom is -0.350 e. The summed E-state index contributed by atoms with van der Waals surface area (Å²) < 4.78 is 23.0. The normalized spacial score (nSPS) is 13.3. The molecule has 0 spiro atoms. The van der Waals surface area contributed by atoms with E-state index < -0.39 is 10.0 Å². The number of hydrogen-bond donors (Lipinski definition) is 2. The number of amides is 1. The van der Waals surface area contributed by atoms with Gasteiger partial charge in [0.1, 0.15) is 4.90 Å². The number of primary sulfonamides is 1. The van der Waals surface area contributed by atoms with Crippen LogP contribution in [0.5, 0.6) is 0 Å². The molecule has 1 unspecified atom stereocenters. The minimum absolute atomic E-state index is 0.00795. The van der Waals surface area contributed by atoms with Gasteiger partial charge in [0, 0.05) is 11.6 Å². The Morgan fingerprint density at radius 1 is 1.33 bits per heavy atom. The van der Waals surface area contributed by atoms with E-state index >= 15 is 0 Å². The Morgan fingerprint density at radius 2 is 1.90 bits per heavy atom. The second kappa shape index (κ2) is 6.77. The Kier molecular flexibility index (Phi) is 5.78. The van der Waals surface area contributed by atoms with Crippen molar-refractivity contribution >= 4 is 27.5 Å². The third-order valence-corrected chi connectivity index (χ3v) is 4.54. The lowest BCUT2D eigenvalue weighted by Gasteiger charge is -2.16. The van der Waals surface area contributed by atoms with E-state index in [0.717, 1.165) is 6.42 Å². The van der Waals surface area contributed by atoms with Crippen LogP contribution in [-0.2, 0) is 10.0 Å². The fourth-order valence-corrected chi connectivity index (χ4v) is 3.28. The Labute approximate surface area is 130 Å². The zero-order valence-corrected chi connectivity index (χ0v) is 14.2. The van der Waals surface area contributed by atoms with Crippen molar-refractivity contribution in [3.05, 3.63) is 28.3 Å². The maximum absolute atomic E-state index is 12.2. The molecule has 0 fully saturated rings. The van der Waals surface area contributed by atoms with Crippen molar-refractivity contribution in [2.24, 2.45) is 11.1 Å². The monoisotopic (exact) mass is 332 g/mol. The highest BCUT2D eigenvalue weighted by Gasteiger charge is 2.19. The number of sulfonamides is 1. The van der Waals surface area contributed by atoms with E-state index in [-0.39, 0.29) is 27.4 Å². The summed E-state index contributed by atoms with van der Waals surface area (Å²) in [4.78, 5) is 12.0. The maximum Gasteiger partial charge on any atom is 0.251 e. The van der Waals surface area contributed by atoms with Crippen molar-refractivity contribution in [1.82, 2.24) is 5.32 Å². The third kappa shape index (κ3) is 4.98. The number of carbonyl (C=O) groups is 1. The maximum atomic E-state index is 12.2. The molecule has 7 heteroatoms. The summed E-state index contributed by atoms with van der Waals surface area (Å²) in [7, 11) is -3.97. The van der Waals surface area contributed by atoms with Crippen molar-refractivity contribution in [3.8, 4) is 0 Å². The Balaban J connectivity index is 3.09. The number of nitrogens with one attached hydrogen (secondary N) is 1. The van der Waals surface area contributed by atoms with Crippen molar-refractivity contribution in [1.29, 1.82) is 0 Å². The fourth-order valence-electron chi connectivity index (χ4n) is 2.15. The van der Waals surface area contributed by atoms with Gasteiger partial charge >= 0.3 is 0 Å². The Hall–Kier alpha value is -1.11. The van der Waals surface area contributed by atoms with Crippen molar-refractivity contribution in [3.63, 3.8) is 0 Å². The van der Waals surface area contributed by atoms with Gasteiger partial charge in [0.25, 0.3) is 5.91 Å². The van der Waals surface area contributed by atoms with Crippen LogP contribution in [0.3, 0.4) is 0 Å². The SMILES string of the molecule is Cc1cc(C(=O)NC(C)CC(C)C)cc(S(N)(=O)=O)c1Cl. The molecule has 0 heterocycles. The molecule has 21 heavy (non-hydrogen) atoms. The highest BCUT2D eigenvalue weighted by atomic mass is 35.5. The van der Waals surface area contributed by atoms with E-state index in [1.165, 1.54) is 6.07 Å². The molecule has 1 rings (SSSR count). The summed E-state index contributed by atoms with van der Waals surface area (Å²) in [5.41, 5.74) is 0.724. The van der Waals surface area contributed by atoms with E-state index in [4.69, 9.17) is 16.7 Å². The highest BCUT2D eigenvalue weighted by Crippen LogP contribution is 2.26. The Bertz CT molecular complexity index is 642. The second-order valence-electron chi connectivity index (χ2n) is 5.65. The van der Waals surface area contributed by atoms with Crippen LogP contribution in [0.15, 0.2) is 17.0 Å². The molecule has 0 radical (unpaired) electrons. The number of benzene rings is 1. The van der Waals surface area contributed by atoms with Crippen molar-refractivity contribution in [2.75, 3.05) is 0 Å². The molecule has 1 amide bonds. The van der Waals surface area contributed by atoms with Crippen LogP contribution in [0.1, 0.15) is 43.1 Å². The molecule has 1 atom stereocenters. The van der Waals surface area contributed by atoms with Crippen LogP contribution in [-0.4, -0.2) is 20.4 Å². The average Bonchev–Trinajstić information content (AvgIpc) is 2.29. The Morgan fingerprint density at radius 3 is 2.38 bits per heavy atom. The van der Waals surface area contributed by atoms with E-state index in [1.807, 2.05) is 6.92 Å². The smallest absolute Gasteiger partial charge is 0.251 e. The van der Waals surface area contributed by atoms with Gasteiger partial charge in [0.15, 0.2) is 0 Å². The van der Waals surface area contributed by atoms with Gasteiger partial charge in [0.05, 0.1) is 5.02 Å². The fraction of sp³-hybridized carbons (Fsp3) is 0.500. The van der Waals surface area contributed by atoms with Gasteiger partial charge in [-0.1, -0.05) is 25.4 Å². The van der Waals surface area contributed by atoms with Gasteiger partial charge < -0.3 is 5.32 Å². The van der Waals surface area contributed by atoms with Crippen molar-refractivity contribution < 1.29 is 13.2 Å². The lowest BCUT2D eigenvalue weighted by molar-refractivity contribution is 0.0936. The van der Waals surface area contributed by atoms with E-state index in [1.54, 1.807) is 13.0 Å². The number of hydrogen-bond acceptors (Lipinski definition) is 3. The lowest BCUT2D eigenvalue weighted by Crippen LogP contribution is -2.33. The van der Waals surface area contributed by atoms with E-state index in [2.05, 4.69) is 19.2 Å². The third-order valence-electron chi connectivity index (χ3n) is 2.99. The van der Waals surface area contributed by atoms with E-state index in [0.29, 0.717) is 11.5 Å². The van der Waals surface area contributed by atoms with Crippen LogP contribution in [0.2, 0.25) is 5.02 Å². The van der Waals surface area contributed by atoms with Crippen LogP contribution < -0.4 is 10.5 Å². The van der Waals surface area contributed by atoms with Crippen LogP contribution >= 0.6 is 11.6 Å². The van der Waals surface area contributed by atoms with Gasteiger partial charge in [-0.05, 0) is 43.9 Å². The molecule has 0 bridgehead atoms. The molecule has 0 aromatic heterocycles. The summed E-state index contributed by atoms with van der Waals surface area (Å²) in [5, 5.41) is 8.00. The summed E-state index contributed by atoms with van der Waals surface area (Å²) in [5.74, 6) is 0.111. The number of carbonyl (C=O) groups excluding carboxylic acids is 1. The van der Waals surface area contributed by atoms with Crippen molar-refractivity contribution in [2.45, 2.75) is 45.1 Å². The molecule has 3 N–H and O–H groups in total. The highest BCUT2D eigenvalue weighted by molar-refractivity contribution is 7.89. The molecule has 0 saturated carbocycles. The zero-order valence-electron chi connectivity index (χ0n) is 12.6. The van der Waals surface area contributed by atoms with E-state index in [9.17, 15) is 13.2 Å². The number of halogens is 1. The molecule has 1 aromatic carbocycles. The summed E-state index contributed by atoms with van der Waals surface area (Å²) in [6, 6.07) is 2.75. The first-order valence-corrected chi connectivity index (χ1v) is 8.58. The zero-order chi connectivity index (χ0) is 16.4. The minimum atomic E-state index is -3.97. The topological polar surface area (TPSA) is 89.3 Å². The predicted octanol–water partition coefficient (Wildman–Crippen LogP) is 2.46. The summed E-state index contributed by atoms with van der Waals surface area (Å²) >= 11 is 5.94. The van der Waals surface area contributed by atoms with Crippen LogP contribution in [0, 0.1) is 12.8 Å².